The molecule has 0 fully saturated rings. The van der Waals surface area contributed by atoms with Gasteiger partial charge in [-0.1, -0.05) is 0 Å². The maximum absolute atomic E-state index is 5.16. The summed E-state index contributed by atoms with van der Waals surface area (Å²) < 4.78 is 0. The summed E-state index contributed by atoms with van der Waals surface area (Å²) in [5, 5.41) is 0. The molecule has 0 rings (SSSR count). The Kier molecular flexibility index (Phi) is 4.85. The van der Waals surface area contributed by atoms with Crippen LogP contribution >= 0.6 is 0 Å². The zero-order valence-corrected chi connectivity index (χ0v) is 3.98. The van der Waals surface area contributed by atoms with Crippen LogP contribution in [0.25, 0.3) is 0 Å². The van der Waals surface area contributed by atoms with Crippen molar-refractivity contribution < 1.29 is 0 Å². The fourth-order valence-corrected chi connectivity index (χ4v) is 0.289. The monoisotopic (exact) mass is 90.1 g/mol. The first-order valence-electron chi connectivity index (χ1n) is 2.32. The highest BCUT2D eigenvalue weighted by molar-refractivity contribution is 4.38. The highest BCUT2D eigenvalue weighted by atomic mass is 15.3. The Hall–Kier alpha value is -0.0800. The fourth-order valence-electron chi connectivity index (χ4n) is 0.289. The Morgan fingerprint density at radius 2 is 1.17 bits per heavy atom. The lowest BCUT2D eigenvalue weighted by molar-refractivity contribution is 0.755. The molecule has 0 aromatic rings. The first-order valence-corrected chi connectivity index (χ1v) is 2.32. The second kappa shape index (κ2) is 4.92. The third-order valence-corrected chi connectivity index (χ3v) is 0.658. The van der Waals surface area contributed by atoms with Crippen LogP contribution in [-0.4, -0.2) is 13.1 Å². The van der Waals surface area contributed by atoms with E-state index in [4.69, 9.17) is 11.5 Å². The molecule has 0 bridgehead atoms. The Morgan fingerprint density at radius 1 is 0.833 bits per heavy atom. The van der Waals surface area contributed by atoms with Gasteiger partial charge in [0.1, 0.15) is 0 Å². The zero-order valence-electron chi connectivity index (χ0n) is 3.98. The molecule has 2 nitrogen and oxygen atoms in total. The van der Waals surface area contributed by atoms with Crippen LogP contribution < -0.4 is 11.5 Å². The Morgan fingerprint density at radius 3 is 1.33 bits per heavy atom. The SMILES string of the molecule is [15NH2]CCCC[15NH2]. The van der Waals surface area contributed by atoms with Crippen molar-refractivity contribution in [2.24, 2.45) is 11.5 Å². The van der Waals surface area contributed by atoms with Crippen LogP contribution in [0.4, 0.5) is 0 Å². The van der Waals surface area contributed by atoms with Gasteiger partial charge in [-0.2, -0.15) is 0 Å². The topological polar surface area (TPSA) is 52.0 Å². The molecule has 0 aliphatic rings. The Labute approximate surface area is 38.5 Å². The number of hydrogen-bond donors (Lipinski definition) is 2. The number of rotatable bonds is 3. The van der Waals surface area contributed by atoms with E-state index < -0.39 is 0 Å². The van der Waals surface area contributed by atoms with Gasteiger partial charge in [0, 0.05) is 0 Å². The van der Waals surface area contributed by atoms with Gasteiger partial charge in [-0.05, 0) is 25.9 Å². The summed E-state index contributed by atoms with van der Waals surface area (Å²) in [6.45, 7) is 1.55. The van der Waals surface area contributed by atoms with E-state index in [1.807, 2.05) is 0 Å². The third-order valence-electron chi connectivity index (χ3n) is 0.658. The molecule has 0 aromatic heterocycles. The standard InChI is InChI=1S/C4H12N2/c5-3-1-2-4-6/h1-6H2/i5+1,6+1. The van der Waals surface area contributed by atoms with Crippen LogP contribution in [0.15, 0.2) is 0 Å². The third kappa shape index (κ3) is 3.92. The van der Waals surface area contributed by atoms with Crippen molar-refractivity contribution in [2.45, 2.75) is 12.8 Å². The predicted molar refractivity (Wildman–Crippen MR) is 27.3 cm³/mol. The second-order valence-electron chi connectivity index (χ2n) is 1.28. The molecule has 0 atom stereocenters. The number of unbranched alkanes of at least 4 members (excludes halogenated alkanes) is 1. The molecule has 0 aliphatic heterocycles. The smallest absolute Gasteiger partial charge is 0.00768 e. The van der Waals surface area contributed by atoms with Gasteiger partial charge in [-0.3, -0.25) is 0 Å². The van der Waals surface area contributed by atoms with E-state index in [2.05, 4.69) is 0 Å². The summed E-state index contributed by atoms with van der Waals surface area (Å²) in [6, 6.07) is 0. The van der Waals surface area contributed by atoms with Crippen molar-refractivity contribution in [3.05, 3.63) is 0 Å². The molecule has 0 saturated carbocycles. The minimum atomic E-state index is 0.775. The van der Waals surface area contributed by atoms with Crippen LogP contribution in [-0.2, 0) is 0 Å². The van der Waals surface area contributed by atoms with Gasteiger partial charge < -0.3 is 11.5 Å². The summed E-state index contributed by atoms with van der Waals surface area (Å²) >= 11 is 0. The Balaban J connectivity index is 2.34. The van der Waals surface area contributed by atoms with Crippen molar-refractivity contribution >= 4 is 0 Å². The van der Waals surface area contributed by atoms with Gasteiger partial charge in [0.05, 0.1) is 0 Å². The predicted octanol–water partition coefficient (Wildman–Crippen LogP) is -0.316. The van der Waals surface area contributed by atoms with E-state index in [1.54, 1.807) is 0 Å². The number of nitrogens with two attached hydrogens (primary N) is 2. The van der Waals surface area contributed by atoms with E-state index in [1.165, 1.54) is 0 Å². The van der Waals surface area contributed by atoms with Crippen molar-refractivity contribution in [2.75, 3.05) is 13.1 Å². The van der Waals surface area contributed by atoms with Crippen LogP contribution in [0.3, 0.4) is 0 Å². The number of hydrogen-bond acceptors (Lipinski definition) is 2. The molecule has 0 aromatic carbocycles. The first kappa shape index (κ1) is 5.92. The summed E-state index contributed by atoms with van der Waals surface area (Å²) in [6.07, 6.45) is 2.13. The molecule has 2 heteroatoms. The summed E-state index contributed by atoms with van der Waals surface area (Å²) in [4.78, 5) is 0. The van der Waals surface area contributed by atoms with Crippen molar-refractivity contribution in [1.82, 2.24) is 0 Å². The molecule has 0 aliphatic carbocycles. The molecule has 38 valence electrons. The van der Waals surface area contributed by atoms with Crippen LogP contribution in [0.2, 0.25) is 0 Å². The lowest BCUT2D eigenvalue weighted by Crippen LogP contribution is -2.03. The molecule has 0 heterocycles. The van der Waals surface area contributed by atoms with Crippen LogP contribution in [0, 0.1) is 0 Å². The summed E-state index contributed by atoms with van der Waals surface area (Å²) in [5.74, 6) is 0. The van der Waals surface area contributed by atoms with E-state index in [0.29, 0.717) is 0 Å². The highest BCUT2D eigenvalue weighted by Gasteiger charge is 1.75. The van der Waals surface area contributed by atoms with Gasteiger partial charge in [0.15, 0.2) is 0 Å². The fraction of sp³-hybridized carbons (Fsp3) is 1.00. The molecule has 6 heavy (non-hydrogen) atoms. The largest absolute Gasteiger partial charge is 0.330 e. The lowest BCUT2D eigenvalue weighted by atomic mass is 10.3. The summed E-state index contributed by atoms with van der Waals surface area (Å²) in [7, 11) is 0. The van der Waals surface area contributed by atoms with Gasteiger partial charge in [-0.15, -0.1) is 0 Å². The van der Waals surface area contributed by atoms with Gasteiger partial charge in [0.2, 0.25) is 0 Å². The molecule has 0 radical (unpaired) electrons. The molecular weight excluding hydrogens is 78.0 g/mol. The van der Waals surface area contributed by atoms with Crippen LogP contribution in [0.1, 0.15) is 12.8 Å². The molecular formula is C4H12N2. The van der Waals surface area contributed by atoms with E-state index in [9.17, 15) is 0 Å². The second-order valence-corrected chi connectivity index (χ2v) is 1.28. The minimum Gasteiger partial charge on any atom is -0.330 e. The maximum atomic E-state index is 5.16. The maximum Gasteiger partial charge on any atom is -0.00768 e. The average Bonchev–Trinajstić information content (AvgIpc) is 1.61. The molecule has 4 N–H and O–H groups in total. The van der Waals surface area contributed by atoms with Gasteiger partial charge in [0.25, 0.3) is 0 Å². The van der Waals surface area contributed by atoms with E-state index in [0.717, 1.165) is 25.9 Å². The molecule has 0 saturated heterocycles. The highest BCUT2D eigenvalue weighted by Crippen LogP contribution is 1.77. The van der Waals surface area contributed by atoms with E-state index in [-0.39, 0.29) is 0 Å². The molecule has 0 unspecified atom stereocenters. The summed E-state index contributed by atoms with van der Waals surface area (Å²) in [5.41, 5.74) is 10.3. The normalized spacial score (nSPS) is 9.00. The van der Waals surface area contributed by atoms with Gasteiger partial charge in [-0.25, -0.2) is 0 Å². The zero-order chi connectivity index (χ0) is 4.83. The molecule has 0 amide bonds. The Bertz CT molecular complexity index is 17.5. The first-order chi connectivity index (χ1) is 2.91. The quantitative estimate of drug-likeness (QED) is 0.369. The van der Waals surface area contributed by atoms with Crippen LogP contribution in [0.5, 0.6) is 0 Å². The van der Waals surface area contributed by atoms with Crippen molar-refractivity contribution in [3.8, 4) is 0 Å². The average molecular weight is 90.1 g/mol. The van der Waals surface area contributed by atoms with Crippen molar-refractivity contribution in [1.29, 1.82) is 0 Å². The van der Waals surface area contributed by atoms with Crippen molar-refractivity contribution in [3.63, 3.8) is 0 Å². The van der Waals surface area contributed by atoms with Gasteiger partial charge >= 0.3 is 0 Å². The minimum absolute atomic E-state index is 0.775. The molecule has 0 spiro atoms. The van der Waals surface area contributed by atoms with E-state index >= 15 is 0 Å². The lowest BCUT2D eigenvalue weighted by Gasteiger charge is -1.87.